The van der Waals surface area contributed by atoms with E-state index in [0.29, 0.717) is 35.0 Å². The molecule has 1 aliphatic rings. The minimum atomic E-state index is -0.501. The predicted octanol–water partition coefficient (Wildman–Crippen LogP) is 5.83. The predicted molar refractivity (Wildman–Crippen MR) is 131 cm³/mol. The fraction of sp³-hybridized carbons (Fsp3) is 0.462. The summed E-state index contributed by atoms with van der Waals surface area (Å²) in [4.78, 5) is 28.4. The van der Waals surface area contributed by atoms with E-state index in [9.17, 15) is 9.59 Å². The van der Waals surface area contributed by atoms with E-state index in [1.807, 2.05) is 37.3 Å². The molecular weight excluding hydrogens is 443 g/mol. The summed E-state index contributed by atoms with van der Waals surface area (Å²) in [5, 5.41) is 4.21. The second kappa shape index (κ2) is 12.3. The molecule has 6 heteroatoms. The van der Waals surface area contributed by atoms with Gasteiger partial charge in [0.1, 0.15) is 6.04 Å². The van der Waals surface area contributed by atoms with Crippen molar-refractivity contribution in [3.8, 4) is 0 Å². The highest BCUT2D eigenvalue weighted by Crippen LogP contribution is 2.23. The third kappa shape index (κ3) is 6.98. The van der Waals surface area contributed by atoms with Crippen molar-refractivity contribution in [2.75, 3.05) is 6.54 Å². The molecule has 1 atom stereocenters. The van der Waals surface area contributed by atoms with Crippen molar-refractivity contribution in [3.63, 3.8) is 0 Å². The number of benzene rings is 2. The van der Waals surface area contributed by atoms with E-state index in [4.69, 9.17) is 23.2 Å². The number of halogens is 2. The van der Waals surface area contributed by atoms with E-state index in [-0.39, 0.29) is 24.3 Å². The summed E-state index contributed by atoms with van der Waals surface area (Å²) in [6, 6.07) is 14.9. The Morgan fingerprint density at radius 3 is 2.44 bits per heavy atom. The van der Waals surface area contributed by atoms with Crippen LogP contribution in [0.15, 0.2) is 48.5 Å². The number of carbonyl (C=O) groups excluding carboxylic acids is 2. The lowest BCUT2D eigenvalue weighted by atomic mass is 9.95. The maximum absolute atomic E-state index is 13.4. The molecule has 1 N–H and O–H groups in total. The number of carbonyl (C=O) groups is 2. The number of nitrogens with one attached hydrogen (secondary N) is 1. The molecule has 2 aromatic rings. The standard InChI is InChI=1S/C26H32Cl2N2O2/c1-2-24(26(32)29-22-11-7-4-8-12-22)30(16-15-19-9-5-3-6-10-19)25(31)17-20-13-14-21(27)18-23(20)28/h3,5-6,9-10,13-14,18,22,24H,2,4,7-8,11-12,15-17H2,1H3,(H,29,32)/t24-/m0/s1. The third-order valence-electron chi connectivity index (χ3n) is 6.18. The second-order valence-electron chi connectivity index (χ2n) is 8.50. The molecule has 0 radical (unpaired) electrons. The van der Waals surface area contributed by atoms with Gasteiger partial charge in [-0.1, -0.05) is 85.8 Å². The average Bonchev–Trinajstić information content (AvgIpc) is 2.79. The van der Waals surface area contributed by atoms with Crippen LogP contribution in [-0.4, -0.2) is 35.3 Å². The quantitative estimate of drug-likeness (QED) is 0.496. The van der Waals surface area contributed by atoms with Crippen molar-refractivity contribution in [1.82, 2.24) is 10.2 Å². The van der Waals surface area contributed by atoms with Crippen LogP contribution in [-0.2, 0) is 22.4 Å². The minimum Gasteiger partial charge on any atom is -0.352 e. The van der Waals surface area contributed by atoms with Crippen LogP contribution in [0.4, 0.5) is 0 Å². The van der Waals surface area contributed by atoms with Crippen molar-refractivity contribution >= 4 is 35.0 Å². The molecule has 4 nitrogen and oxygen atoms in total. The maximum Gasteiger partial charge on any atom is 0.243 e. The van der Waals surface area contributed by atoms with Crippen LogP contribution < -0.4 is 5.32 Å². The van der Waals surface area contributed by atoms with E-state index in [1.165, 1.54) is 6.42 Å². The largest absolute Gasteiger partial charge is 0.352 e. The first kappa shape index (κ1) is 24.6. The summed E-state index contributed by atoms with van der Waals surface area (Å²) in [5.41, 5.74) is 1.85. The molecule has 32 heavy (non-hydrogen) atoms. The summed E-state index contributed by atoms with van der Waals surface area (Å²) < 4.78 is 0. The van der Waals surface area contributed by atoms with Crippen molar-refractivity contribution in [2.24, 2.45) is 0 Å². The topological polar surface area (TPSA) is 49.4 Å². The summed E-state index contributed by atoms with van der Waals surface area (Å²) in [6.45, 7) is 2.44. The van der Waals surface area contributed by atoms with E-state index in [1.54, 1.807) is 23.1 Å². The van der Waals surface area contributed by atoms with Gasteiger partial charge in [0.15, 0.2) is 0 Å². The normalized spacial score (nSPS) is 15.2. The molecule has 0 heterocycles. The van der Waals surface area contributed by atoms with Gasteiger partial charge in [-0.25, -0.2) is 0 Å². The van der Waals surface area contributed by atoms with E-state index in [2.05, 4.69) is 5.32 Å². The van der Waals surface area contributed by atoms with Gasteiger partial charge in [-0.15, -0.1) is 0 Å². The molecule has 0 unspecified atom stereocenters. The molecule has 0 aliphatic heterocycles. The van der Waals surface area contributed by atoms with Crippen molar-refractivity contribution < 1.29 is 9.59 Å². The van der Waals surface area contributed by atoms with Crippen LogP contribution in [0.5, 0.6) is 0 Å². The van der Waals surface area contributed by atoms with Crippen LogP contribution in [0.1, 0.15) is 56.6 Å². The van der Waals surface area contributed by atoms with Crippen molar-refractivity contribution in [2.45, 2.75) is 70.4 Å². The highest BCUT2D eigenvalue weighted by molar-refractivity contribution is 6.35. The summed E-state index contributed by atoms with van der Waals surface area (Å²) in [5.74, 6) is -0.154. The van der Waals surface area contributed by atoms with E-state index >= 15 is 0 Å². The highest BCUT2D eigenvalue weighted by atomic mass is 35.5. The molecule has 0 saturated heterocycles. The molecule has 0 bridgehead atoms. The average molecular weight is 475 g/mol. The van der Waals surface area contributed by atoms with Gasteiger partial charge in [0.25, 0.3) is 0 Å². The van der Waals surface area contributed by atoms with Crippen molar-refractivity contribution in [3.05, 3.63) is 69.7 Å². The van der Waals surface area contributed by atoms with Gasteiger partial charge in [-0.05, 0) is 48.9 Å². The molecular formula is C26H32Cl2N2O2. The third-order valence-corrected chi connectivity index (χ3v) is 6.77. The minimum absolute atomic E-state index is 0.0528. The Bertz CT molecular complexity index is 898. The van der Waals surface area contributed by atoms with Gasteiger partial charge in [-0.3, -0.25) is 9.59 Å². The summed E-state index contributed by atoms with van der Waals surface area (Å²) >= 11 is 12.3. The zero-order valence-corrected chi connectivity index (χ0v) is 20.2. The summed E-state index contributed by atoms with van der Waals surface area (Å²) in [6.07, 6.45) is 6.94. The zero-order valence-electron chi connectivity index (χ0n) is 18.7. The van der Waals surface area contributed by atoms with Crippen LogP contribution in [0.3, 0.4) is 0 Å². The number of nitrogens with zero attached hydrogens (tertiary/aromatic N) is 1. The van der Waals surface area contributed by atoms with Crippen LogP contribution >= 0.6 is 23.2 Å². The number of hydrogen-bond acceptors (Lipinski definition) is 2. The van der Waals surface area contributed by atoms with Gasteiger partial charge in [0.2, 0.25) is 11.8 Å². The second-order valence-corrected chi connectivity index (χ2v) is 9.35. The lowest BCUT2D eigenvalue weighted by Gasteiger charge is -2.33. The zero-order chi connectivity index (χ0) is 22.9. The van der Waals surface area contributed by atoms with Crippen LogP contribution in [0.2, 0.25) is 10.0 Å². The highest BCUT2D eigenvalue weighted by Gasteiger charge is 2.30. The first-order chi connectivity index (χ1) is 15.5. The molecule has 172 valence electrons. The number of amides is 2. The van der Waals surface area contributed by atoms with Gasteiger partial charge >= 0.3 is 0 Å². The SMILES string of the molecule is CC[C@@H](C(=O)NC1CCCCC1)N(CCc1ccccc1)C(=O)Cc1ccc(Cl)cc1Cl. The Morgan fingerprint density at radius 2 is 1.78 bits per heavy atom. The molecule has 2 aromatic carbocycles. The smallest absolute Gasteiger partial charge is 0.243 e. The van der Waals surface area contributed by atoms with E-state index in [0.717, 1.165) is 31.2 Å². The molecule has 2 amide bonds. The molecule has 1 aliphatic carbocycles. The number of hydrogen-bond donors (Lipinski definition) is 1. The monoisotopic (exact) mass is 474 g/mol. The molecule has 0 aromatic heterocycles. The van der Waals surface area contributed by atoms with Gasteiger partial charge in [-0.2, -0.15) is 0 Å². The summed E-state index contributed by atoms with van der Waals surface area (Å²) in [7, 11) is 0. The molecule has 3 rings (SSSR count). The number of rotatable bonds is 9. The Kier molecular flexibility index (Phi) is 9.43. The fourth-order valence-electron chi connectivity index (χ4n) is 4.37. The molecule has 0 spiro atoms. The first-order valence-corrected chi connectivity index (χ1v) is 12.3. The maximum atomic E-state index is 13.4. The lowest BCUT2D eigenvalue weighted by molar-refractivity contribution is -0.140. The van der Waals surface area contributed by atoms with Crippen LogP contribution in [0, 0.1) is 0 Å². The van der Waals surface area contributed by atoms with Crippen LogP contribution in [0.25, 0.3) is 0 Å². The Balaban J connectivity index is 1.76. The molecule has 1 fully saturated rings. The van der Waals surface area contributed by atoms with Gasteiger partial charge < -0.3 is 10.2 Å². The van der Waals surface area contributed by atoms with Gasteiger partial charge in [0, 0.05) is 22.6 Å². The Labute approximate surface area is 201 Å². The molecule has 1 saturated carbocycles. The lowest BCUT2D eigenvalue weighted by Crippen LogP contribution is -2.52. The Hall–Kier alpha value is -2.04. The Morgan fingerprint density at radius 1 is 1.06 bits per heavy atom. The van der Waals surface area contributed by atoms with Crippen molar-refractivity contribution in [1.29, 1.82) is 0 Å². The van der Waals surface area contributed by atoms with E-state index < -0.39 is 6.04 Å². The first-order valence-electron chi connectivity index (χ1n) is 11.6. The fourth-order valence-corrected chi connectivity index (χ4v) is 4.85. The van der Waals surface area contributed by atoms with Gasteiger partial charge in [0.05, 0.1) is 6.42 Å².